The molecule has 0 aromatic heterocycles. The molecular formula is C16H19F3O4. The van der Waals surface area contributed by atoms with Gasteiger partial charge in [-0.1, -0.05) is 42.5 Å². The van der Waals surface area contributed by atoms with E-state index in [9.17, 15) is 18.0 Å². The van der Waals surface area contributed by atoms with Gasteiger partial charge in [-0.2, -0.15) is 13.2 Å². The molecule has 0 saturated carbocycles. The van der Waals surface area contributed by atoms with Crippen LogP contribution in [0.1, 0.15) is 5.56 Å². The first-order valence-electron chi connectivity index (χ1n) is 6.85. The number of ether oxygens (including phenoxy) is 3. The maximum absolute atomic E-state index is 13.0. The van der Waals surface area contributed by atoms with E-state index < -0.39 is 24.2 Å². The maximum atomic E-state index is 13.0. The van der Waals surface area contributed by atoms with Gasteiger partial charge < -0.3 is 14.2 Å². The summed E-state index contributed by atoms with van der Waals surface area (Å²) in [5.74, 6) is -3.18. The fraction of sp³-hybridized carbons (Fsp3) is 0.438. The molecule has 0 saturated heterocycles. The van der Waals surface area contributed by atoms with Gasteiger partial charge in [0.15, 0.2) is 6.10 Å². The summed E-state index contributed by atoms with van der Waals surface area (Å²) < 4.78 is 53.4. The Balaban J connectivity index is 2.61. The van der Waals surface area contributed by atoms with Crippen LogP contribution in [-0.4, -0.2) is 39.1 Å². The normalized spacial score (nSPS) is 14.7. The molecule has 4 nitrogen and oxygen atoms in total. The van der Waals surface area contributed by atoms with Gasteiger partial charge in [0.25, 0.3) is 0 Å². The lowest BCUT2D eigenvalue weighted by atomic mass is 10.0. The standard InChI is InChI=1S/C16H19F3O4/c1-21-14(15(20)22-2)13(16(17,18)19)9-6-10-23-11-12-7-4-3-5-8-12/h3-9,13-14H,10-11H2,1-2H3/b9-6+/t13-,14-/m0/s1. The van der Waals surface area contributed by atoms with Crippen molar-refractivity contribution in [2.24, 2.45) is 5.92 Å². The molecule has 128 valence electrons. The highest BCUT2D eigenvalue weighted by molar-refractivity contribution is 5.75. The highest BCUT2D eigenvalue weighted by atomic mass is 19.4. The number of methoxy groups -OCH3 is 2. The Labute approximate surface area is 132 Å². The van der Waals surface area contributed by atoms with Gasteiger partial charge in [0.05, 0.1) is 20.3 Å². The van der Waals surface area contributed by atoms with Crippen molar-refractivity contribution in [1.82, 2.24) is 0 Å². The Hall–Kier alpha value is -1.86. The molecule has 0 unspecified atom stereocenters. The molecule has 1 rings (SSSR count). The lowest BCUT2D eigenvalue weighted by Gasteiger charge is -2.23. The van der Waals surface area contributed by atoms with Crippen LogP contribution in [0.15, 0.2) is 42.5 Å². The van der Waals surface area contributed by atoms with Crippen LogP contribution in [0.2, 0.25) is 0 Å². The first-order chi connectivity index (χ1) is 10.9. The van der Waals surface area contributed by atoms with Gasteiger partial charge in [0.1, 0.15) is 5.92 Å². The number of carbonyl (C=O) groups is 1. The summed E-state index contributed by atoms with van der Waals surface area (Å²) in [6, 6.07) is 9.23. The van der Waals surface area contributed by atoms with Crippen molar-refractivity contribution >= 4 is 5.97 Å². The van der Waals surface area contributed by atoms with E-state index in [1.165, 1.54) is 6.08 Å². The smallest absolute Gasteiger partial charge is 0.398 e. The predicted molar refractivity (Wildman–Crippen MR) is 77.6 cm³/mol. The van der Waals surface area contributed by atoms with Gasteiger partial charge in [-0.25, -0.2) is 4.79 Å². The largest absolute Gasteiger partial charge is 0.467 e. The summed E-state index contributed by atoms with van der Waals surface area (Å²) in [4.78, 5) is 11.4. The van der Waals surface area contributed by atoms with Crippen LogP contribution in [-0.2, 0) is 25.6 Å². The summed E-state index contributed by atoms with van der Waals surface area (Å²) in [7, 11) is 2.04. The topological polar surface area (TPSA) is 44.8 Å². The first kappa shape index (κ1) is 19.2. The van der Waals surface area contributed by atoms with Crippen LogP contribution in [0, 0.1) is 5.92 Å². The fourth-order valence-corrected chi connectivity index (χ4v) is 1.91. The van der Waals surface area contributed by atoms with E-state index in [0.29, 0.717) is 0 Å². The average Bonchev–Trinajstić information content (AvgIpc) is 2.53. The van der Waals surface area contributed by atoms with Crippen molar-refractivity contribution < 1.29 is 32.2 Å². The Morgan fingerprint density at radius 3 is 2.39 bits per heavy atom. The van der Waals surface area contributed by atoms with Crippen LogP contribution >= 0.6 is 0 Å². The molecule has 0 fully saturated rings. The maximum Gasteiger partial charge on any atom is 0.398 e. The van der Waals surface area contributed by atoms with Crippen LogP contribution in [0.4, 0.5) is 13.2 Å². The number of hydrogen-bond donors (Lipinski definition) is 0. The van der Waals surface area contributed by atoms with Gasteiger partial charge >= 0.3 is 12.1 Å². The molecule has 1 aromatic carbocycles. The molecular weight excluding hydrogens is 313 g/mol. The summed E-state index contributed by atoms with van der Waals surface area (Å²) in [5, 5.41) is 0. The van der Waals surface area contributed by atoms with E-state index in [2.05, 4.69) is 9.47 Å². The molecule has 7 heteroatoms. The van der Waals surface area contributed by atoms with Crippen molar-refractivity contribution in [2.45, 2.75) is 18.9 Å². The van der Waals surface area contributed by atoms with E-state index in [4.69, 9.17) is 4.74 Å². The Kier molecular flexibility index (Phi) is 7.77. The molecule has 0 bridgehead atoms. The number of halogens is 3. The number of hydrogen-bond acceptors (Lipinski definition) is 4. The quantitative estimate of drug-likeness (QED) is 0.417. The molecule has 0 N–H and O–H groups in total. The lowest BCUT2D eigenvalue weighted by Crippen LogP contribution is -2.40. The number of carbonyl (C=O) groups excluding carboxylic acids is 1. The van der Waals surface area contributed by atoms with Crippen molar-refractivity contribution in [2.75, 3.05) is 20.8 Å². The summed E-state index contributed by atoms with van der Waals surface area (Å²) in [5.41, 5.74) is 0.914. The highest BCUT2D eigenvalue weighted by Gasteiger charge is 2.46. The minimum Gasteiger partial charge on any atom is -0.467 e. The molecule has 1 aromatic rings. The third kappa shape index (κ3) is 6.42. The molecule has 0 spiro atoms. The first-order valence-corrected chi connectivity index (χ1v) is 6.85. The second-order valence-electron chi connectivity index (χ2n) is 4.68. The summed E-state index contributed by atoms with van der Waals surface area (Å²) in [6.45, 7) is 0.269. The van der Waals surface area contributed by atoms with Crippen LogP contribution in [0.3, 0.4) is 0 Å². The number of benzene rings is 1. The Bertz CT molecular complexity index is 500. The molecule has 2 atom stereocenters. The monoisotopic (exact) mass is 332 g/mol. The van der Waals surface area contributed by atoms with E-state index in [0.717, 1.165) is 25.9 Å². The second-order valence-corrected chi connectivity index (χ2v) is 4.68. The van der Waals surface area contributed by atoms with Gasteiger partial charge in [-0.3, -0.25) is 0 Å². The van der Waals surface area contributed by atoms with E-state index >= 15 is 0 Å². The SMILES string of the molecule is COC(=O)[C@@H](OC)[C@H](/C=C/COCc1ccccc1)C(F)(F)F. The molecule has 0 aliphatic heterocycles. The molecule has 0 heterocycles. The van der Waals surface area contributed by atoms with Crippen LogP contribution < -0.4 is 0 Å². The van der Waals surface area contributed by atoms with Gasteiger partial charge in [-0.05, 0) is 5.56 Å². The minimum absolute atomic E-state index is 0.0148. The fourth-order valence-electron chi connectivity index (χ4n) is 1.91. The minimum atomic E-state index is -4.63. The Morgan fingerprint density at radius 1 is 1.22 bits per heavy atom. The van der Waals surface area contributed by atoms with Gasteiger partial charge in [0, 0.05) is 7.11 Å². The predicted octanol–water partition coefficient (Wildman–Crippen LogP) is 3.13. The van der Waals surface area contributed by atoms with Crippen molar-refractivity contribution in [1.29, 1.82) is 0 Å². The van der Waals surface area contributed by atoms with Gasteiger partial charge in [-0.15, -0.1) is 0 Å². The van der Waals surface area contributed by atoms with Crippen LogP contribution in [0.5, 0.6) is 0 Å². The van der Waals surface area contributed by atoms with Crippen molar-refractivity contribution in [3.63, 3.8) is 0 Å². The molecule has 0 radical (unpaired) electrons. The zero-order valence-electron chi connectivity index (χ0n) is 12.9. The number of alkyl halides is 3. The van der Waals surface area contributed by atoms with E-state index in [1.54, 1.807) is 0 Å². The third-order valence-corrected chi connectivity index (χ3v) is 3.06. The summed E-state index contributed by atoms with van der Waals surface area (Å²) >= 11 is 0. The molecule has 23 heavy (non-hydrogen) atoms. The Morgan fingerprint density at radius 2 is 1.87 bits per heavy atom. The average molecular weight is 332 g/mol. The second kappa shape index (κ2) is 9.32. The number of rotatable bonds is 8. The molecule has 0 amide bonds. The van der Waals surface area contributed by atoms with Crippen LogP contribution in [0.25, 0.3) is 0 Å². The summed E-state index contributed by atoms with van der Waals surface area (Å²) in [6.07, 6.45) is -4.30. The lowest BCUT2D eigenvalue weighted by molar-refractivity contribution is -0.200. The van der Waals surface area contributed by atoms with E-state index in [-0.39, 0.29) is 13.2 Å². The zero-order valence-corrected chi connectivity index (χ0v) is 12.9. The highest BCUT2D eigenvalue weighted by Crippen LogP contribution is 2.31. The zero-order chi connectivity index (χ0) is 17.3. The number of esters is 1. The van der Waals surface area contributed by atoms with Crippen molar-refractivity contribution in [3.8, 4) is 0 Å². The molecule has 0 aliphatic rings. The van der Waals surface area contributed by atoms with Crippen molar-refractivity contribution in [3.05, 3.63) is 48.0 Å². The van der Waals surface area contributed by atoms with Gasteiger partial charge in [0.2, 0.25) is 0 Å². The van der Waals surface area contributed by atoms with E-state index in [1.807, 2.05) is 30.3 Å². The third-order valence-electron chi connectivity index (χ3n) is 3.06. The molecule has 0 aliphatic carbocycles.